The van der Waals surface area contributed by atoms with Gasteiger partial charge in [0.2, 0.25) is 0 Å². The highest BCUT2D eigenvalue weighted by Crippen LogP contribution is 2.39. The Morgan fingerprint density at radius 3 is 2.86 bits per heavy atom. The number of hydrogen-bond acceptors (Lipinski definition) is 3. The second-order valence-electron chi connectivity index (χ2n) is 6.97. The summed E-state index contributed by atoms with van der Waals surface area (Å²) < 4.78 is 19.4. The van der Waals surface area contributed by atoms with Gasteiger partial charge in [-0.1, -0.05) is 24.3 Å². The minimum absolute atomic E-state index is 0.264. The van der Waals surface area contributed by atoms with E-state index in [1.54, 1.807) is 18.3 Å². The molecule has 0 aliphatic carbocycles. The summed E-state index contributed by atoms with van der Waals surface area (Å²) in [6.07, 6.45) is 5.49. The molecule has 4 rings (SSSR count). The first kappa shape index (κ1) is 18.2. The molecule has 5 heteroatoms. The summed E-state index contributed by atoms with van der Waals surface area (Å²) in [6.45, 7) is 0.614. The van der Waals surface area contributed by atoms with Crippen molar-refractivity contribution in [3.05, 3.63) is 83.4 Å². The van der Waals surface area contributed by atoms with Crippen LogP contribution in [0.25, 0.3) is 11.1 Å². The second kappa shape index (κ2) is 7.80. The smallest absolute Gasteiger partial charge is 0.336 e. The molecule has 1 aromatic heterocycles. The van der Waals surface area contributed by atoms with Crippen molar-refractivity contribution in [1.29, 1.82) is 0 Å². The van der Waals surface area contributed by atoms with Crippen LogP contribution >= 0.6 is 0 Å². The molecule has 1 atom stereocenters. The van der Waals surface area contributed by atoms with Crippen molar-refractivity contribution >= 4 is 5.97 Å². The molecule has 0 amide bonds. The minimum atomic E-state index is -0.926. The van der Waals surface area contributed by atoms with Crippen LogP contribution < -0.4 is 4.74 Å². The molecule has 0 bridgehead atoms. The molecular formula is C23H20FNO3. The van der Waals surface area contributed by atoms with Gasteiger partial charge in [0, 0.05) is 12.4 Å². The van der Waals surface area contributed by atoms with Crippen LogP contribution in [-0.2, 0) is 6.42 Å². The topological polar surface area (TPSA) is 59.4 Å². The maximum Gasteiger partial charge on any atom is 0.336 e. The van der Waals surface area contributed by atoms with Crippen molar-refractivity contribution in [3.63, 3.8) is 0 Å². The number of carbonyl (C=O) groups is 1. The molecule has 1 aliphatic heterocycles. The Balaban J connectivity index is 1.55. The van der Waals surface area contributed by atoms with E-state index in [9.17, 15) is 14.3 Å². The molecule has 4 nitrogen and oxygen atoms in total. The van der Waals surface area contributed by atoms with Crippen molar-refractivity contribution in [3.8, 4) is 16.9 Å². The Morgan fingerprint density at radius 1 is 1.18 bits per heavy atom. The Morgan fingerprint density at radius 2 is 2.04 bits per heavy atom. The van der Waals surface area contributed by atoms with Crippen molar-refractivity contribution in [2.24, 2.45) is 0 Å². The van der Waals surface area contributed by atoms with Gasteiger partial charge in [0.05, 0.1) is 12.2 Å². The molecule has 0 spiro atoms. The highest BCUT2D eigenvalue weighted by Gasteiger charge is 2.23. The molecule has 0 radical (unpaired) electrons. The molecule has 0 saturated heterocycles. The predicted octanol–water partition coefficient (Wildman–Crippen LogP) is 5.08. The lowest BCUT2D eigenvalue weighted by molar-refractivity contribution is 0.0695. The largest absolute Gasteiger partial charge is 0.493 e. The van der Waals surface area contributed by atoms with Gasteiger partial charge in [0.15, 0.2) is 0 Å². The van der Waals surface area contributed by atoms with Gasteiger partial charge in [0.25, 0.3) is 0 Å². The summed E-state index contributed by atoms with van der Waals surface area (Å²) in [4.78, 5) is 15.5. The highest BCUT2D eigenvalue weighted by molar-refractivity contribution is 5.89. The lowest BCUT2D eigenvalue weighted by Gasteiger charge is -2.26. The number of benzene rings is 2. The lowest BCUT2D eigenvalue weighted by Crippen LogP contribution is -2.15. The number of nitrogens with zero attached hydrogens (tertiary/aromatic N) is 1. The van der Waals surface area contributed by atoms with Gasteiger partial charge in [-0.15, -0.1) is 0 Å². The van der Waals surface area contributed by atoms with Crippen molar-refractivity contribution in [2.75, 3.05) is 6.61 Å². The van der Waals surface area contributed by atoms with Crippen LogP contribution in [0.3, 0.4) is 0 Å². The van der Waals surface area contributed by atoms with Gasteiger partial charge in [0.1, 0.15) is 11.6 Å². The summed E-state index contributed by atoms with van der Waals surface area (Å²) in [6, 6.07) is 14.0. The maximum atomic E-state index is 13.5. The van der Waals surface area contributed by atoms with Gasteiger partial charge < -0.3 is 9.84 Å². The van der Waals surface area contributed by atoms with Crippen LogP contribution in [0, 0.1) is 5.82 Å². The first-order valence-electron chi connectivity index (χ1n) is 9.30. The normalized spacial score (nSPS) is 15.5. The molecule has 3 aromatic rings. The minimum Gasteiger partial charge on any atom is -0.493 e. The van der Waals surface area contributed by atoms with E-state index in [0.29, 0.717) is 18.6 Å². The molecule has 0 fully saturated rings. The van der Waals surface area contributed by atoms with E-state index in [0.717, 1.165) is 40.8 Å². The Labute approximate surface area is 162 Å². The van der Waals surface area contributed by atoms with E-state index in [-0.39, 0.29) is 11.7 Å². The number of aromatic nitrogens is 1. The number of pyridine rings is 1. The first-order chi connectivity index (χ1) is 13.6. The zero-order chi connectivity index (χ0) is 19.5. The van der Waals surface area contributed by atoms with Crippen molar-refractivity contribution < 1.29 is 19.0 Å². The molecule has 0 unspecified atom stereocenters. The predicted molar refractivity (Wildman–Crippen MR) is 104 cm³/mol. The first-order valence-corrected chi connectivity index (χ1v) is 9.30. The van der Waals surface area contributed by atoms with Crippen LogP contribution in [0.2, 0.25) is 0 Å². The summed E-state index contributed by atoms with van der Waals surface area (Å²) >= 11 is 0. The van der Waals surface area contributed by atoms with Gasteiger partial charge in [-0.2, -0.15) is 0 Å². The van der Waals surface area contributed by atoms with Crippen LogP contribution in [-0.4, -0.2) is 22.7 Å². The summed E-state index contributed by atoms with van der Waals surface area (Å²) in [7, 11) is 0. The average molecular weight is 377 g/mol. The quantitative estimate of drug-likeness (QED) is 0.673. The zero-order valence-electron chi connectivity index (χ0n) is 15.3. The Bertz CT molecular complexity index is 1020. The summed E-state index contributed by atoms with van der Waals surface area (Å²) in [5.41, 5.74) is 3.91. The number of aromatic carboxylic acids is 1. The van der Waals surface area contributed by atoms with Gasteiger partial charge in [-0.3, -0.25) is 4.98 Å². The monoisotopic (exact) mass is 377 g/mol. The Hall–Kier alpha value is -3.21. The fourth-order valence-electron chi connectivity index (χ4n) is 3.78. The third-order valence-electron chi connectivity index (χ3n) is 5.23. The fraction of sp³-hybridized carbons (Fsp3) is 0.217. The lowest BCUT2D eigenvalue weighted by atomic mass is 9.86. The van der Waals surface area contributed by atoms with Crippen molar-refractivity contribution in [2.45, 2.75) is 25.2 Å². The van der Waals surface area contributed by atoms with E-state index in [1.165, 1.54) is 18.3 Å². The molecule has 1 aliphatic rings. The molecule has 2 heterocycles. The summed E-state index contributed by atoms with van der Waals surface area (Å²) in [5, 5.41) is 9.34. The van der Waals surface area contributed by atoms with E-state index >= 15 is 0 Å². The summed E-state index contributed by atoms with van der Waals surface area (Å²) in [5.74, 6) is -0.0842. The van der Waals surface area contributed by atoms with Crippen LogP contribution in [0.15, 0.2) is 60.9 Å². The van der Waals surface area contributed by atoms with Crippen molar-refractivity contribution in [1.82, 2.24) is 4.98 Å². The number of carboxylic acid groups (broad SMARTS) is 1. The number of rotatable bonds is 5. The highest BCUT2D eigenvalue weighted by atomic mass is 19.1. The SMILES string of the molecule is O=C(O)c1ccncc1CC[C@@H]1CCOc2cc(-c3cccc(F)c3)ccc21. The van der Waals surface area contributed by atoms with Gasteiger partial charge >= 0.3 is 5.97 Å². The molecule has 0 saturated carbocycles. The number of hydrogen-bond donors (Lipinski definition) is 1. The van der Waals surface area contributed by atoms with E-state index in [4.69, 9.17) is 4.74 Å². The zero-order valence-corrected chi connectivity index (χ0v) is 15.3. The average Bonchev–Trinajstić information content (AvgIpc) is 2.72. The molecule has 1 N–H and O–H groups in total. The van der Waals surface area contributed by atoms with Crippen LogP contribution in [0.5, 0.6) is 5.75 Å². The number of aryl methyl sites for hydroxylation is 1. The van der Waals surface area contributed by atoms with Crippen LogP contribution in [0.1, 0.15) is 40.2 Å². The standard InChI is InChI=1S/C23H20FNO3/c24-19-3-1-2-16(12-19)17-6-7-20-15(9-11-28-22(20)13-17)4-5-18-14-25-10-8-21(18)23(26)27/h1-3,6-8,10,12-15H,4-5,9,11H2,(H,26,27)/t15-/m1/s1. The Kier molecular flexibility index (Phi) is 5.06. The molecule has 142 valence electrons. The third kappa shape index (κ3) is 3.74. The number of ether oxygens (including phenoxy) is 1. The molecular weight excluding hydrogens is 357 g/mol. The maximum absolute atomic E-state index is 13.5. The van der Waals surface area contributed by atoms with Gasteiger partial charge in [-0.25, -0.2) is 9.18 Å². The van der Waals surface area contributed by atoms with E-state index in [1.807, 2.05) is 24.3 Å². The van der Waals surface area contributed by atoms with Crippen LogP contribution in [0.4, 0.5) is 4.39 Å². The fourth-order valence-corrected chi connectivity index (χ4v) is 3.78. The molecule has 28 heavy (non-hydrogen) atoms. The van der Waals surface area contributed by atoms with E-state index < -0.39 is 5.97 Å². The third-order valence-corrected chi connectivity index (χ3v) is 5.23. The number of carboxylic acids is 1. The van der Waals surface area contributed by atoms with E-state index in [2.05, 4.69) is 4.98 Å². The second-order valence-corrected chi connectivity index (χ2v) is 6.97. The molecule has 2 aromatic carbocycles. The number of fused-ring (bicyclic) bond motifs is 1. The van der Waals surface area contributed by atoms with Gasteiger partial charge in [-0.05, 0) is 71.7 Å². The number of halogens is 1.